The van der Waals surface area contributed by atoms with Crippen LogP contribution in [0.2, 0.25) is 0 Å². The fourth-order valence-corrected chi connectivity index (χ4v) is 2.99. The molecule has 0 saturated heterocycles. The van der Waals surface area contributed by atoms with Crippen molar-refractivity contribution in [2.24, 2.45) is 0 Å². The van der Waals surface area contributed by atoms with Crippen molar-refractivity contribution in [1.29, 1.82) is 0 Å². The Balaban J connectivity index is 1.48. The number of fused-ring (bicyclic) bond motifs is 1. The molecule has 0 radical (unpaired) electrons. The van der Waals surface area contributed by atoms with Crippen molar-refractivity contribution in [2.75, 3.05) is 5.73 Å². The first-order valence-corrected chi connectivity index (χ1v) is 9.74. The first-order valence-electron chi connectivity index (χ1n) is 9.74. The Bertz CT molecular complexity index is 1190. The van der Waals surface area contributed by atoms with E-state index in [4.69, 9.17) is 14.9 Å². The number of nitrogens with zero attached hydrogens (tertiary/aromatic N) is 5. The minimum atomic E-state index is -0.529. The summed E-state index contributed by atoms with van der Waals surface area (Å²) in [7, 11) is 0. The fourth-order valence-electron chi connectivity index (χ4n) is 2.99. The number of nitrogens with one attached hydrogen (secondary N) is 1. The number of hydrogen-bond donors (Lipinski definition) is 2. The van der Waals surface area contributed by atoms with Gasteiger partial charge in [0.2, 0.25) is 5.95 Å². The molecule has 1 amide bonds. The zero-order valence-corrected chi connectivity index (χ0v) is 17.5. The number of hydrogen-bond acceptors (Lipinski definition) is 8. The molecule has 0 aliphatic rings. The van der Waals surface area contributed by atoms with E-state index in [0.717, 1.165) is 11.1 Å². The van der Waals surface area contributed by atoms with Crippen molar-refractivity contribution in [2.45, 2.75) is 39.5 Å². The minimum absolute atomic E-state index is 0.117. The number of rotatable bonds is 5. The molecule has 3 aromatic heterocycles. The molecule has 0 aliphatic heterocycles. The number of aromatic nitrogens is 5. The summed E-state index contributed by atoms with van der Waals surface area (Å²) in [6, 6.07) is 11.3. The molecule has 160 valence electrons. The van der Waals surface area contributed by atoms with Gasteiger partial charge in [-0.25, -0.2) is 14.5 Å². The second-order valence-electron chi connectivity index (χ2n) is 8.00. The topological polar surface area (TPSA) is 134 Å². The third-order valence-electron chi connectivity index (χ3n) is 4.33. The number of carbonyl (C=O) groups is 1. The van der Waals surface area contributed by atoms with Crippen molar-refractivity contribution >= 4 is 23.2 Å². The van der Waals surface area contributed by atoms with Crippen molar-refractivity contribution in [1.82, 2.24) is 30.3 Å². The summed E-state index contributed by atoms with van der Waals surface area (Å²) in [4.78, 5) is 20.3. The van der Waals surface area contributed by atoms with Gasteiger partial charge < -0.3 is 20.2 Å². The van der Waals surface area contributed by atoms with Crippen LogP contribution in [0.3, 0.4) is 0 Å². The summed E-state index contributed by atoms with van der Waals surface area (Å²) < 4.78 is 12.3. The van der Waals surface area contributed by atoms with Crippen LogP contribution in [0.5, 0.6) is 0 Å². The Morgan fingerprint density at radius 3 is 2.58 bits per heavy atom. The second-order valence-corrected chi connectivity index (χ2v) is 8.00. The Hall–Kier alpha value is -3.95. The summed E-state index contributed by atoms with van der Waals surface area (Å²) >= 11 is 0. The smallest absolute Gasteiger partial charge is 0.407 e. The van der Waals surface area contributed by atoms with Crippen LogP contribution >= 0.6 is 0 Å². The standard InChI is InChI=1S/C21H23N7O3/c1-21(2,3)31-20(29)23-11-13-6-8-14(9-7-13)12-28-18-17(26-27-28)16(24-19(22)25-18)15-5-4-10-30-15/h4-10H,11-12H2,1-3H3,(H,23,29)(H2,22,24,25). The van der Waals surface area contributed by atoms with Gasteiger partial charge in [-0.3, -0.25) is 0 Å². The van der Waals surface area contributed by atoms with Gasteiger partial charge in [0.05, 0.1) is 12.8 Å². The van der Waals surface area contributed by atoms with Crippen molar-refractivity contribution in [3.63, 3.8) is 0 Å². The predicted molar refractivity (Wildman–Crippen MR) is 114 cm³/mol. The van der Waals surface area contributed by atoms with Crippen LogP contribution in [0, 0.1) is 0 Å². The maximum Gasteiger partial charge on any atom is 0.407 e. The Morgan fingerprint density at radius 2 is 1.90 bits per heavy atom. The van der Waals surface area contributed by atoms with Gasteiger partial charge in [0.15, 0.2) is 16.9 Å². The number of benzene rings is 1. The molecule has 0 fully saturated rings. The maximum atomic E-state index is 11.8. The summed E-state index contributed by atoms with van der Waals surface area (Å²) in [6.45, 7) is 6.30. The van der Waals surface area contributed by atoms with Gasteiger partial charge in [-0.2, -0.15) is 4.98 Å². The van der Waals surface area contributed by atoms with E-state index in [-0.39, 0.29) is 5.95 Å². The average Bonchev–Trinajstić information content (AvgIpc) is 3.36. The molecule has 4 aromatic rings. The lowest BCUT2D eigenvalue weighted by atomic mass is 10.1. The molecule has 0 bridgehead atoms. The zero-order chi connectivity index (χ0) is 22.0. The van der Waals surface area contributed by atoms with E-state index in [9.17, 15) is 4.79 Å². The number of nitrogen functional groups attached to an aromatic ring is 1. The van der Waals surface area contributed by atoms with Crippen LogP contribution in [0.25, 0.3) is 22.6 Å². The molecule has 3 N–H and O–H groups in total. The van der Waals surface area contributed by atoms with Gasteiger partial charge in [0, 0.05) is 6.54 Å². The molecule has 0 saturated carbocycles. The number of alkyl carbamates (subject to hydrolysis) is 1. The molecule has 4 rings (SSSR count). The van der Waals surface area contributed by atoms with Crippen LogP contribution in [0.4, 0.5) is 10.7 Å². The Kier molecular flexibility index (Phi) is 5.28. The summed E-state index contributed by atoms with van der Waals surface area (Å²) in [5.41, 5.74) is 8.84. The number of furan rings is 1. The molecule has 0 atom stereocenters. The van der Waals surface area contributed by atoms with Crippen molar-refractivity contribution < 1.29 is 13.9 Å². The third kappa shape index (κ3) is 4.80. The summed E-state index contributed by atoms with van der Waals surface area (Å²) in [5.74, 6) is 0.666. The van der Waals surface area contributed by atoms with E-state index in [1.54, 1.807) is 23.1 Å². The third-order valence-corrected chi connectivity index (χ3v) is 4.33. The molecular weight excluding hydrogens is 398 g/mol. The zero-order valence-electron chi connectivity index (χ0n) is 17.5. The lowest BCUT2D eigenvalue weighted by molar-refractivity contribution is 0.0523. The van der Waals surface area contributed by atoms with E-state index >= 15 is 0 Å². The Labute approximate surface area is 178 Å². The lowest BCUT2D eigenvalue weighted by Crippen LogP contribution is -2.32. The monoisotopic (exact) mass is 421 g/mol. The highest BCUT2D eigenvalue weighted by Gasteiger charge is 2.18. The van der Waals surface area contributed by atoms with E-state index in [1.807, 2.05) is 45.0 Å². The molecule has 0 spiro atoms. The number of anilines is 1. The molecule has 0 aliphatic carbocycles. The van der Waals surface area contributed by atoms with E-state index in [1.165, 1.54) is 0 Å². The van der Waals surface area contributed by atoms with Gasteiger partial charge >= 0.3 is 6.09 Å². The van der Waals surface area contributed by atoms with Crippen LogP contribution in [-0.4, -0.2) is 36.7 Å². The highest BCUT2D eigenvalue weighted by atomic mass is 16.6. The van der Waals surface area contributed by atoms with Gasteiger partial charge in [-0.1, -0.05) is 29.5 Å². The molecule has 31 heavy (non-hydrogen) atoms. The van der Waals surface area contributed by atoms with Crippen LogP contribution in [0.1, 0.15) is 31.9 Å². The average molecular weight is 421 g/mol. The van der Waals surface area contributed by atoms with Gasteiger partial charge in [0.25, 0.3) is 0 Å². The molecule has 10 heteroatoms. The second kappa shape index (κ2) is 8.05. The highest BCUT2D eigenvalue weighted by molar-refractivity contribution is 5.85. The van der Waals surface area contributed by atoms with E-state index in [2.05, 4.69) is 25.6 Å². The first kappa shape index (κ1) is 20.3. The van der Waals surface area contributed by atoms with Crippen LogP contribution in [0.15, 0.2) is 47.1 Å². The van der Waals surface area contributed by atoms with Gasteiger partial charge in [-0.05, 0) is 44.0 Å². The SMILES string of the molecule is CC(C)(C)OC(=O)NCc1ccc(Cn2nnc3c(-c4ccco4)nc(N)nc32)cc1. The summed E-state index contributed by atoms with van der Waals surface area (Å²) in [6.07, 6.45) is 1.11. The first-order chi connectivity index (χ1) is 14.8. The highest BCUT2D eigenvalue weighted by Crippen LogP contribution is 2.25. The predicted octanol–water partition coefficient (Wildman–Crippen LogP) is 3.14. The number of amides is 1. The van der Waals surface area contributed by atoms with Crippen molar-refractivity contribution in [3.05, 3.63) is 53.8 Å². The molecule has 3 heterocycles. The number of nitrogens with two attached hydrogens (primary N) is 1. The van der Waals surface area contributed by atoms with E-state index < -0.39 is 11.7 Å². The van der Waals surface area contributed by atoms with Crippen LogP contribution in [-0.2, 0) is 17.8 Å². The van der Waals surface area contributed by atoms with E-state index in [0.29, 0.717) is 35.7 Å². The number of carbonyl (C=O) groups excluding carboxylic acids is 1. The van der Waals surface area contributed by atoms with Crippen LogP contribution < -0.4 is 11.1 Å². The van der Waals surface area contributed by atoms with Gasteiger partial charge in [-0.15, -0.1) is 5.10 Å². The maximum absolute atomic E-state index is 11.8. The Morgan fingerprint density at radius 1 is 1.16 bits per heavy atom. The fraction of sp³-hybridized carbons (Fsp3) is 0.286. The quantitative estimate of drug-likeness (QED) is 0.502. The van der Waals surface area contributed by atoms with Gasteiger partial charge in [0.1, 0.15) is 11.3 Å². The normalized spacial score (nSPS) is 11.6. The largest absolute Gasteiger partial charge is 0.463 e. The number of ether oxygens (including phenoxy) is 1. The lowest BCUT2D eigenvalue weighted by Gasteiger charge is -2.19. The minimum Gasteiger partial charge on any atom is -0.463 e. The molecule has 0 unspecified atom stereocenters. The molecule has 1 aromatic carbocycles. The van der Waals surface area contributed by atoms with Crippen molar-refractivity contribution in [3.8, 4) is 11.5 Å². The molecule has 10 nitrogen and oxygen atoms in total. The molecular formula is C21H23N7O3. The summed E-state index contributed by atoms with van der Waals surface area (Å²) in [5, 5.41) is 11.2.